The average molecular weight is 546 g/mol. The number of aryl methyl sites for hydroxylation is 1. The summed E-state index contributed by atoms with van der Waals surface area (Å²) in [5.41, 5.74) is -1.51. The maximum absolute atomic E-state index is 13.4. The van der Waals surface area contributed by atoms with Crippen molar-refractivity contribution in [2.45, 2.75) is 98.3 Å². The van der Waals surface area contributed by atoms with Crippen LogP contribution in [0.4, 0.5) is 4.79 Å². The van der Waals surface area contributed by atoms with Gasteiger partial charge in [0.25, 0.3) is 0 Å². The molecule has 0 fully saturated rings. The highest BCUT2D eigenvalue weighted by Crippen LogP contribution is 2.36. The lowest BCUT2D eigenvalue weighted by molar-refractivity contribution is 0.0812. The Balaban J connectivity index is 2.04. The standard InChI is InChI=1S/C30H43NO6S/c1-7-8-9-10-14-22-15-16-23(38-22)19-30(4,5)21(3)27(33)26-24(32)18-25(37-28(26)34)20(2)13-11-12-17-31-29(35)36-6/h15-18,20-21,32H,7-14,19H2,1-6H3. The Bertz CT molecular complexity index is 1150. The van der Waals surface area contributed by atoms with Gasteiger partial charge in [-0.15, -0.1) is 11.3 Å². The van der Waals surface area contributed by atoms with Crippen LogP contribution in [-0.2, 0) is 17.6 Å². The zero-order valence-electron chi connectivity index (χ0n) is 23.7. The summed E-state index contributed by atoms with van der Waals surface area (Å²) < 4.78 is 9.93. The zero-order valence-corrected chi connectivity index (χ0v) is 24.5. The van der Waals surface area contributed by atoms with E-state index in [1.165, 1.54) is 54.8 Å². The molecule has 0 aromatic carbocycles. The molecule has 0 aliphatic heterocycles. The van der Waals surface area contributed by atoms with Crippen LogP contribution in [0.5, 0.6) is 5.75 Å². The molecular formula is C30H43NO6S. The Kier molecular flexibility index (Phi) is 12.4. The van der Waals surface area contributed by atoms with Crippen molar-refractivity contribution in [1.29, 1.82) is 0 Å². The second-order valence-corrected chi connectivity index (χ2v) is 12.0. The number of amides is 1. The SMILES string of the molecule is CCCCCCc1ccc(CC(C)(C)C(C)C(=O)c2c(O)cc(C(C)CCCC=NC(=O)OC)oc2=O)s1. The van der Waals surface area contributed by atoms with E-state index in [0.717, 1.165) is 6.42 Å². The maximum Gasteiger partial charge on any atom is 0.432 e. The number of aliphatic imine (C=N–C) groups is 1. The Morgan fingerprint density at radius 2 is 1.87 bits per heavy atom. The van der Waals surface area contributed by atoms with Gasteiger partial charge >= 0.3 is 11.7 Å². The van der Waals surface area contributed by atoms with E-state index in [2.05, 4.69) is 28.8 Å². The van der Waals surface area contributed by atoms with Gasteiger partial charge in [-0.05, 0) is 56.1 Å². The topological polar surface area (TPSA) is 106 Å². The summed E-state index contributed by atoms with van der Waals surface area (Å²) in [5.74, 6) is -1.08. The quantitative estimate of drug-likeness (QED) is 0.139. The summed E-state index contributed by atoms with van der Waals surface area (Å²) in [7, 11) is 1.27. The fraction of sp³-hybridized carbons (Fsp3) is 0.600. The summed E-state index contributed by atoms with van der Waals surface area (Å²) in [6.45, 7) is 9.94. The van der Waals surface area contributed by atoms with Crippen molar-refractivity contribution < 1.29 is 23.8 Å². The molecule has 0 spiro atoms. The number of unbranched alkanes of at least 4 members (excludes halogenated alkanes) is 4. The fourth-order valence-corrected chi connectivity index (χ4v) is 5.67. The highest BCUT2D eigenvalue weighted by molar-refractivity contribution is 7.12. The number of carbonyl (C=O) groups excluding carboxylic acids is 2. The summed E-state index contributed by atoms with van der Waals surface area (Å²) in [6, 6.07) is 5.70. The van der Waals surface area contributed by atoms with E-state index < -0.39 is 28.8 Å². The second-order valence-electron chi connectivity index (χ2n) is 10.7. The van der Waals surface area contributed by atoms with Crippen LogP contribution in [0.25, 0.3) is 0 Å². The first-order valence-corrected chi connectivity index (χ1v) is 14.4. The van der Waals surface area contributed by atoms with Gasteiger partial charge in [0, 0.05) is 33.9 Å². The van der Waals surface area contributed by atoms with Crippen molar-refractivity contribution in [2.24, 2.45) is 16.3 Å². The lowest BCUT2D eigenvalue weighted by Crippen LogP contribution is -2.33. The van der Waals surface area contributed by atoms with Gasteiger partial charge in [-0.3, -0.25) is 4.79 Å². The van der Waals surface area contributed by atoms with E-state index in [-0.39, 0.29) is 17.2 Å². The first kappa shape index (κ1) is 31.5. The van der Waals surface area contributed by atoms with E-state index in [0.29, 0.717) is 31.4 Å². The van der Waals surface area contributed by atoms with Crippen LogP contribution in [0.3, 0.4) is 0 Å². The smallest absolute Gasteiger partial charge is 0.432 e. The summed E-state index contributed by atoms with van der Waals surface area (Å²) >= 11 is 1.79. The van der Waals surface area contributed by atoms with Gasteiger partial charge in [-0.2, -0.15) is 4.99 Å². The normalized spacial score (nSPS) is 13.5. The molecule has 210 valence electrons. The largest absolute Gasteiger partial charge is 0.507 e. The van der Waals surface area contributed by atoms with Gasteiger partial charge in [-0.1, -0.05) is 53.9 Å². The van der Waals surface area contributed by atoms with Gasteiger partial charge in [0.15, 0.2) is 5.78 Å². The molecule has 1 amide bonds. The average Bonchev–Trinajstić information content (AvgIpc) is 3.31. The molecule has 0 aliphatic carbocycles. The van der Waals surface area contributed by atoms with Crippen molar-refractivity contribution in [3.8, 4) is 5.75 Å². The Morgan fingerprint density at radius 3 is 2.53 bits per heavy atom. The molecule has 0 saturated carbocycles. The highest BCUT2D eigenvalue weighted by atomic mass is 32.1. The van der Waals surface area contributed by atoms with Crippen molar-refractivity contribution in [3.05, 3.63) is 49.7 Å². The second kappa shape index (κ2) is 15.0. The fourth-order valence-electron chi connectivity index (χ4n) is 4.37. The number of ketones is 1. The van der Waals surface area contributed by atoms with Gasteiger partial charge in [0.1, 0.15) is 17.1 Å². The van der Waals surface area contributed by atoms with Crippen LogP contribution in [0.1, 0.15) is 111 Å². The van der Waals surface area contributed by atoms with E-state index in [9.17, 15) is 19.5 Å². The lowest BCUT2D eigenvalue weighted by atomic mass is 9.73. The van der Waals surface area contributed by atoms with Crippen LogP contribution in [0.2, 0.25) is 0 Å². The Morgan fingerprint density at radius 1 is 1.16 bits per heavy atom. The number of hydrogen-bond acceptors (Lipinski definition) is 7. The van der Waals surface area contributed by atoms with Gasteiger partial charge in [0.05, 0.1) is 7.11 Å². The zero-order chi connectivity index (χ0) is 28.3. The van der Waals surface area contributed by atoms with E-state index >= 15 is 0 Å². The molecule has 0 bridgehead atoms. The monoisotopic (exact) mass is 545 g/mol. The molecule has 0 radical (unpaired) electrons. The predicted molar refractivity (Wildman–Crippen MR) is 153 cm³/mol. The molecule has 2 unspecified atom stereocenters. The third-order valence-electron chi connectivity index (χ3n) is 7.21. The summed E-state index contributed by atoms with van der Waals surface area (Å²) in [4.78, 5) is 43.4. The van der Waals surface area contributed by atoms with E-state index in [4.69, 9.17) is 4.42 Å². The highest BCUT2D eigenvalue weighted by Gasteiger charge is 2.35. The lowest BCUT2D eigenvalue weighted by Gasteiger charge is -2.30. The van der Waals surface area contributed by atoms with Crippen molar-refractivity contribution in [2.75, 3.05) is 7.11 Å². The Hall–Kier alpha value is -2.74. The van der Waals surface area contributed by atoms with Gasteiger partial charge < -0.3 is 14.3 Å². The molecule has 2 rings (SSSR count). The molecule has 2 atom stereocenters. The Labute approximate surface area is 230 Å². The van der Waals surface area contributed by atoms with Gasteiger partial charge in [-0.25, -0.2) is 9.59 Å². The number of ether oxygens (including phenoxy) is 1. The molecule has 2 aromatic heterocycles. The van der Waals surface area contributed by atoms with E-state index in [1.54, 1.807) is 11.3 Å². The number of carbonyl (C=O) groups is 2. The van der Waals surface area contributed by atoms with Gasteiger partial charge in [0.2, 0.25) is 0 Å². The number of rotatable bonds is 15. The van der Waals surface area contributed by atoms with Crippen LogP contribution >= 0.6 is 11.3 Å². The minimum atomic E-state index is -0.808. The van der Waals surface area contributed by atoms with Crippen molar-refractivity contribution in [1.82, 2.24) is 0 Å². The predicted octanol–water partition coefficient (Wildman–Crippen LogP) is 7.73. The number of thiophene rings is 1. The third-order valence-corrected chi connectivity index (χ3v) is 8.36. The van der Waals surface area contributed by atoms with Crippen LogP contribution < -0.4 is 5.63 Å². The number of nitrogens with zero attached hydrogens (tertiary/aromatic N) is 1. The molecule has 1 N–H and O–H groups in total. The first-order valence-electron chi connectivity index (χ1n) is 13.6. The number of methoxy groups -OCH3 is 1. The number of hydrogen-bond donors (Lipinski definition) is 1. The molecule has 8 heteroatoms. The molecule has 2 heterocycles. The first-order chi connectivity index (χ1) is 18.0. The van der Waals surface area contributed by atoms with Crippen molar-refractivity contribution in [3.63, 3.8) is 0 Å². The summed E-state index contributed by atoms with van der Waals surface area (Å²) in [6.07, 6.45) is 9.46. The maximum atomic E-state index is 13.4. The van der Waals surface area contributed by atoms with Crippen molar-refractivity contribution >= 4 is 29.4 Å². The van der Waals surface area contributed by atoms with Crippen LogP contribution in [0, 0.1) is 11.3 Å². The number of Topliss-reactive ketones (excluding diaryl/α,β-unsaturated/α-hetero) is 1. The minimum Gasteiger partial charge on any atom is -0.507 e. The summed E-state index contributed by atoms with van der Waals surface area (Å²) in [5, 5.41) is 10.7. The molecular weight excluding hydrogens is 502 g/mol. The molecule has 0 aliphatic rings. The molecule has 0 saturated heterocycles. The van der Waals surface area contributed by atoms with E-state index in [1.807, 2.05) is 27.7 Å². The molecule has 38 heavy (non-hydrogen) atoms. The van der Waals surface area contributed by atoms with Crippen LogP contribution in [-0.4, -0.2) is 30.3 Å². The molecule has 2 aromatic rings. The minimum absolute atomic E-state index is 0.159. The van der Waals surface area contributed by atoms with Crippen LogP contribution in [0.15, 0.2) is 32.4 Å². The molecule has 7 nitrogen and oxygen atoms in total. The number of aromatic hydroxyl groups is 1. The third kappa shape index (κ3) is 9.22.